The monoisotopic (exact) mass is 501 g/mol. The Bertz CT molecular complexity index is 1240. The smallest absolute Gasteiger partial charge is 0.262 e. The number of aryl methyl sites for hydroxylation is 1. The summed E-state index contributed by atoms with van der Waals surface area (Å²) in [6.45, 7) is 2.69. The van der Waals surface area contributed by atoms with Crippen LogP contribution in [0.5, 0.6) is 11.5 Å². The highest BCUT2D eigenvalue weighted by atomic mass is 16.5. The predicted molar refractivity (Wildman–Crippen MR) is 142 cm³/mol. The normalized spacial score (nSPS) is 14.8. The molecule has 8 nitrogen and oxygen atoms in total. The van der Waals surface area contributed by atoms with Crippen LogP contribution in [0.1, 0.15) is 24.5 Å². The number of benzene rings is 3. The first-order valence-corrected chi connectivity index (χ1v) is 12.3. The van der Waals surface area contributed by atoms with Crippen molar-refractivity contribution < 1.29 is 23.9 Å². The Morgan fingerprint density at radius 1 is 0.973 bits per heavy atom. The van der Waals surface area contributed by atoms with Crippen molar-refractivity contribution in [3.05, 3.63) is 83.9 Å². The van der Waals surface area contributed by atoms with Crippen molar-refractivity contribution in [1.82, 2.24) is 5.32 Å². The standard InChI is InChI=1S/C29H31N3O5/c1-3-20-7-9-21(10-8-20)17-30-29(35)22-15-28(34)32(18-22)24-11-13-25(14-12-24)37-19-27(33)31-23-5-4-6-26(16-23)36-2/h4-14,16,22H,3,15,17-19H2,1-2H3,(H,30,35)(H,31,33)/t22-/m1/s1. The first-order valence-electron chi connectivity index (χ1n) is 12.3. The van der Waals surface area contributed by atoms with Crippen LogP contribution in [-0.2, 0) is 27.3 Å². The summed E-state index contributed by atoms with van der Waals surface area (Å²) in [5.41, 5.74) is 3.58. The number of carbonyl (C=O) groups excluding carboxylic acids is 3. The molecule has 0 aliphatic carbocycles. The van der Waals surface area contributed by atoms with Gasteiger partial charge in [-0.2, -0.15) is 0 Å². The second-order valence-corrected chi connectivity index (χ2v) is 8.86. The Balaban J connectivity index is 1.25. The molecule has 3 aromatic carbocycles. The van der Waals surface area contributed by atoms with Crippen LogP contribution < -0.4 is 25.0 Å². The average Bonchev–Trinajstić information content (AvgIpc) is 3.32. The maximum Gasteiger partial charge on any atom is 0.262 e. The fourth-order valence-electron chi connectivity index (χ4n) is 4.13. The first-order chi connectivity index (χ1) is 17.9. The van der Waals surface area contributed by atoms with Crippen molar-refractivity contribution >= 4 is 29.1 Å². The topological polar surface area (TPSA) is 97.0 Å². The number of ether oxygens (including phenoxy) is 2. The van der Waals surface area contributed by atoms with Gasteiger partial charge in [-0.05, 0) is 53.9 Å². The van der Waals surface area contributed by atoms with E-state index in [4.69, 9.17) is 9.47 Å². The lowest BCUT2D eigenvalue weighted by Gasteiger charge is -2.17. The van der Waals surface area contributed by atoms with Gasteiger partial charge in [0.25, 0.3) is 5.91 Å². The molecule has 0 saturated carbocycles. The zero-order chi connectivity index (χ0) is 26.2. The van der Waals surface area contributed by atoms with Gasteiger partial charge in [0.05, 0.1) is 13.0 Å². The molecule has 1 aliphatic heterocycles. The van der Waals surface area contributed by atoms with E-state index in [0.717, 1.165) is 12.0 Å². The number of hydrogen-bond donors (Lipinski definition) is 2. The Morgan fingerprint density at radius 3 is 2.41 bits per heavy atom. The van der Waals surface area contributed by atoms with Crippen LogP contribution in [0.15, 0.2) is 72.8 Å². The van der Waals surface area contributed by atoms with Crippen molar-refractivity contribution in [2.75, 3.05) is 30.5 Å². The molecule has 3 amide bonds. The average molecular weight is 502 g/mol. The first kappa shape index (κ1) is 25.8. The van der Waals surface area contributed by atoms with Crippen molar-refractivity contribution in [2.45, 2.75) is 26.3 Å². The minimum Gasteiger partial charge on any atom is -0.497 e. The summed E-state index contributed by atoms with van der Waals surface area (Å²) >= 11 is 0. The van der Waals surface area contributed by atoms with Crippen LogP contribution in [-0.4, -0.2) is 38.0 Å². The molecule has 8 heteroatoms. The number of rotatable bonds is 10. The quantitative estimate of drug-likeness (QED) is 0.439. The summed E-state index contributed by atoms with van der Waals surface area (Å²) in [5, 5.41) is 5.70. The maximum absolute atomic E-state index is 12.7. The zero-order valence-corrected chi connectivity index (χ0v) is 21.0. The van der Waals surface area contributed by atoms with Crippen molar-refractivity contribution in [2.24, 2.45) is 5.92 Å². The largest absolute Gasteiger partial charge is 0.497 e. The number of carbonyl (C=O) groups is 3. The SMILES string of the molecule is CCc1ccc(CNC(=O)[C@@H]2CC(=O)N(c3ccc(OCC(=O)Nc4cccc(OC)c4)cc3)C2)cc1. The van der Waals surface area contributed by atoms with Crippen LogP contribution in [0.4, 0.5) is 11.4 Å². The van der Waals surface area contributed by atoms with Crippen LogP contribution in [0.3, 0.4) is 0 Å². The Hall–Kier alpha value is -4.33. The third-order valence-corrected chi connectivity index (χ3v) is 6.27. The van der Waals surface area contributed by atoms with Gasteiger partial charge >= 0.3 is 0 Å². The van der Waals surface area contributed by atoms with Gasteiger partial charge in [-0.3, -0.25) is 14.4 Å². The molecule has 4 rings (SSSR count). The number of nitrogens with one attached hydrogen (secondary N) is 2. The molecule has 1 aliphatic rings. The van der Waals surface area contributed by atoms with Gasteiger partial charge in [0.1, 0.15) is 11.5 Å². The van der Waals surface area contributed by atoms with E-state index < -0.39 is 5.92 Å². The molecule has 0 radical (unpaired) electrons. The highest BCUT2D eigenvalue weighted by Crippen LogP contribution is 2.27. The highest BCUT2D eigenvalue weighted by Gasteiger charge is 2.35. The predicted octanol–water partition coefficient (Wildman–Crippen LogP) is 3.94. The van der Waals surface area contributed by atoms with Gasteiger partial charge in [-0.15, -0.1) is 0 Å². The van der Waals surface area contributed by atoms with Gasteiger partial charge < -0.3 is 25.0 Å². The van der Waals surface area contributed by atoms with E-state index in [1.807, 2.05) is 12.1 Å². The number of anilines is 2. The number of nitrogens with zero attached hydrogens (tertiary/aromatic N) is 1. The van der Waals surface area contributed by atoms with E-state index in [2.05, 4.69) is 29.7 Å². The Morgan fingerprint density at radius 2 is 1.70 bits per heavy atom. The molecule has 37 heavy (non-hydrogen) atoms. The highest BCUT2D eigenvalue weighted by molar-refractivity contribution is 6.00. The molecule has 3 aromatic rings. The van der Waals surface area contributed by atoms with Crippen LogP contribution >= 0.6 is 0 Å². The van der Waals surface area contributed by atoms with E-state index in [1.165, 1.54) is 5.56 Å². The second-order valence-electron chi connectivity index (χ2n) is 8.86. The van der Waals surface area contributed by atoms with E-state index >= 15 is 0 Å². The minimum atomic E-state index is -0.404. The summed E-state index contributed by atoms with van der Waals surface area (Å²) in [7, 11) is 1.56. The van der Waals surface area contributed by atoms with Gasteiger partial charge in [0.15, 0.2) is 6.61 Å². The lowest BCUT2D eigenvalue weighted by atomic mass is 10.1. The molecule has 2 N–H and O–H groups in total. The molecule has 0 unspecified atom stereocenters. The summed E-state index contributed by atoms with van der Waals surface area (Å²) in [4.78, 5) is 39.1. The van der Waals surface area contributed by atoms with Crippen molar-refractivity contribution in [1.29, 1.82) is 0 Å². The van der Waals surface area contributed by atoms with E-state index in [0.29, 0.717) is 36.0 Å². The zero-order valence-electron chi connectivity index (χ0n) is 21.0. The molecular formula is C29H31N3O5. The third kappa shape index (κ3) is 6.88. The van der Waals surface area contributed by atoms with E-state index in [9.17, 15) is 14.4 Å². The number of hydrogen-bond acceptors (Lipinski definition) is 5. The maximum atomic E-state index is 12.7. The van der Waals surface area contributed by atoms with Gasteiger partial charge in [0, 0.05) is 37.0 Å². The molecule has 1 atom stereocenters. The van der Waals surface area contributed by atoms with Crippen LogP contribution in [0, 0.1) is 5.92 Å². The Labute approximate surface area is 216 Å². The molecule has 0 bridgehead atoms. The molecule has 0 aromatic heterocycles. The van der Waals surface area contributed by atoms with E-state index in [1.54, 1.807) is 60.5 Å². The molecule has 1 saturated heterocycles. The molecule has 192 valence electrons. The third-order valence-electron chi connectivity index (χ3n) is 6.27. The fraction of sp³-hybridized carbons (Fsp3) is 0.276. The second kappa shape index (κ2) is 12.1. The van der Waals surface area contributed by atoms with Crippen LogP contribution in [0.25, 0.3) is 0 Å². The van der Waals surface area contributed by atoms with Crippen molar-refractivity contribution in [3.8, 4) is 11.5 Å². The fourth-order valence-corrected chi connectivity index (χ4v) is 4.13. The van der Waals surface area contributed by atoms with Crippen molar-refractivity contribution in [3.63, 3.8) is 0 Å². The molecule has 1 fully saturated rings. The summed E-state index contributed by atoms with van der Waals surface area (Å²) < 4.78 is 10.7. The lowest BCUT2D eigenvalue weighted by molar-refractivity contribution is -0.126. The summed E-state index contributed by atoms with van der Waals surface area (Å²) in [6, 6.07) is 22.1. The molecular weight excluding hydrogens is 470 g/mol. The minimum absolute atomic E-state index is 0.0983. The molecule has 1 heterocycles. The molecule has 0 spiro atoms. The number of amides is 3. The lowest BCUT2D eigenvalue weighted by Crippen LogP contribution is -2.32. The summed E-state index contributed by atoms with van der Waals surface area (Å²) in [5.74, 6) is 0.212. The van der Waals surface area contributed by atoms with Crippen LogP contribution in [0.2, 0.25) is 0 Å². The van der Waals surface area contributed by atoms with Gasteiger partial charge in [0.2, 0.25) is 11.8 Å². The van der Waals surface area contributed by atoms with E-state index in [-0.39, 0.29) is 30.7 Å². The number of methoxy groups -OCH3 is 1. The van der Waals surface area contributed by atoms with Gasteiger partial charge in [-0.1, -0.05) is 37.3 Å². The Kier molecular flexibility index (Phi) is 8.40. The van der Waals surface area contributed by atoms with Gasteiger partial charge in [-0.25, -0.2) is 0 Å². The summed E-state index contributed by atoms with van der Waals surface area (Å²) in [6.07, 6.45) is 1.14.